The predicted molar refractivity (Wildman–Crippen MR) is 120 cm³/mol. The van der Waals surface area contributed by atoms with Crippen LogP contribution >= 0.6 is 34.7 Å². The molecule has 1 aromatic heterocycles. The minimum absolute atomic E-state index is 0.157. The number of carbonyl (C=O) groups excluding carboxylic acids is 1. The molecule has 0 fully saturated rings. The molecule has 0 unspecified atom stereocenters. The van der Waals surface area contributed by atoms with Gasteiger partial charge < -0.3 is 15.2 Å². The van der Waals surface area contributed by atoms with Crippen molar-refractivity contribution < 1.29 is 14.3 Å². The number of anilines is 1. The molecule has 0 radical (unpaired) electrons. The summed E-state index contributed by atoms with van der Waals surface area (Å²) >= 11 is 8.62. The highest BCUT2D eigenvalue weighted by Gasteiger charge is 2.08. The van der Waals surface area contributed by atoms with Crippen LogP contribution in [0.15, 0.2) is 51.9 Å². The van der Waals surface area contributed by atoms with Crippen LogP contribution in [0.5, 0.6) is 11.5 Å². The first kappa shape index (κ1) is 21.9. The number of ether oxygens (including phenoxy) is 2. The van der Waals surface area contributed by atoms with Gasteiger partial charge in [0, 0.05) is 10.6 Å². The Morgan fingerprint density at radius 3 is 2.87 bits per heavy atom. The van der Waals surface area contributed by atoms with Gasteiger partial charge in [0.2, 0.25) is 5.13 Å². The molecule has 0 aliphatic heterocycles. The summed E-state index contributed by atoms with van der Waals surface area (Å²) in [6.45, 7) is 0.317. The summed E-state index contributed by atoms with van der Waals surface area (Å²) < 4.78 is 11.8. The quantitative estimate of drug-likeness (QED) is 0.283. The van der Waals surface area contributed by atoms with Gasteiger partial charge in [0.25, 0.3) is 5.91 Å². The fraction of sp³-hybridized carbons (Fsp3) is 0.158. The maximum absolute atomic E-state index is 11.9. The lowest BCUT2D eigenvalue weighted by Gasteiger charge is -2.12. The van der Waals surface area contributed by atoms with Crippen molar-refractivity contribution in [2.45, 2.75) is 10.9 Å². The number of hydrogen-bond acceptors (Lipinski definition) is 9. The second kappa shape index (κ2) is 10.8. The number of aromatic nitrogens is 2. The number of nitrogen functional groups attached to an aromatic ring is 1. The lowest BCUT2D eigenvalue weighted by atomic mass is 10.2. The summed E-state index contributed by atoms with van der Waals surface area (Å²) in [5.74, 6) is 1.01. The fourth-order valence-corrected chi connectivity index (χ4v) is 3.89. The Bertz CT molecular complexity index is 1040. The summed E-state index contributed by atoms with van der Waals surface area (Å²) in [4.78, 5) is 11.9. The first-order valence-corrected chi connectivity index (χ1v) is 10.8. The number of amides is 1. The summed E-state index contributed by atoms with van der Waals surface area (Å²) in [5, 5.41) is 12.5. The molecule has 0 aliphatic carbocycles. The number of rotatable bonds is 9. The van der Waals surface area contributed by atoms with Crippen LogP contribution in [-0.2, 0) is 11.4 Å². The Labute approximate surface area is 186 Å². The molecule has 0 saturated heterocycles. The predicted octanol–water partition coefficient (Wildman–Crippen LogP) is 3.60. The van der Waals surface area contributed by atoms with E-state index in [-0.39, 0.29) is 11.7 Å². The van der Waals surface area contributed by atoms with Crippen molar-refractivity contribution in [1.29, 1.82) is 0 Å². The van der Waals surface area contributed by atoms with E-state index in [1.54, 1.807) is 25.3 Å². The Morgan fingerprint density at radius 2 is 2.13 bits per heavy atom. The number of nitrogens with one attached hydrogen (secondary N) is 1. The van der Waals surface area contributed by atoms with Crippen LogP contribution in [0.2, 0.25) is 5.02 Å². The van der Waals surface area contributed by atoms with Gasteiger partial charge in [0.15, 0.2) is 15.8 Å². The number of methoxy groups -OCH3 is 1. The van der Waals surface area contributed by atoms with Gasteiger partial charge in [-0.25, -0.2) is 5.43 Å². The van der Waals surface area contributed by atoms with Gasteiger partial charge >= 0.3 is 0 Å². The van der Waals surface area contributed by atoms with Crippen molar-refractivity contribution in [1.82, 2.24) is 15.6 Å². The van der Waals surface area contributed by atoms with E-state index in [1.807, 2.05) is 24.3 Å². The molecule has 1 heterocycles. The maximum Gasteiger partial charge on any atom is 0.250 e. The van der Waals surface area contributed by atoms with Gasteiger partial charge in [0.05, 0.1) is 19.1 Å². The smallest absolute Gasteiger partial charge is 0.250 e. The number of thioether (sulfide) groups is 1. The van der Waals surface area contributed by atoms with Crippen molar-refractivity contribution in [3.63, 3.8) is 0 Å². The number of nitrogens with two attached hydrogens (primary N) is 1. The molecule has 3 aromatic rings. The molecule has 0 bridgehead atoms. The highest BCUT2D eigenvalue weighted by atomic mass is 35.5. The van der Waals surface area contributed by atoms with Gasteiger partial charge in [0.1, 0.15) is 6.61 Å². The largest absolute Gasteiger partial charge is 0.493 e. The monoisotopic (exact) mass is 463 g/mol. The molecular formula is C19H18ClN5O3S2. The highest BCUT2D eigenvalue weighted by molar-refractivity contribution is 8.01. The zero-order valence-corrected chi connectivity index (χ0v) is 18.3. The topological polar surface area (TPSA) is 112 Å². The molecule has 0 aliphatic rings. The SMILES string of the molecule is COc1cc(C=NNC(=O)CSc2nnc(N)s2)ccc1OCc1ccccc1Cl. The minimum atomic E-state index is -0.267. The molecule has 1 amide bonds. The molecule has 2 aromatic carbocycles. The lowest BCUT2D eigenvalue weighted by Crippen LogP contribution is -2.19. The molecule has 30 heavy (non-hydrogen) atoms. The number of hydrazone groups is 1. The summed E-state index contributed by atoms with van der Waals surface area (Å²) in [6, 6.07) is 12.8. The van der Waals surface area contributed by atoms with Crippen LogP contribution in [-0.4, -0.2) is 35.2 Å². The number of benzene rings is 2. The van der Waals surface area contributed by atoms with E-state index >= 15 is 0 Å². The van der Waals surface area contributed by atoms with Gasteiger partial charge in [-0.1, -0.05) is 52.9 Å². The fourth-order valence-electron chi connectivity index (χ4n) is 2.27. The number of halogens is 1. The van der Waals surface area contributed by atoms with Crippen LogP contribution in [0.4, 0.5) is 5.13 Å². The number of hydrogen-bond donors (Lipinski definition) is 2. The zero-order chi connectivity index (χ0) is 21.3. The molecule has 3 rings (SSSR count). The Morgan fingerprint density at radius 1 is 1.30 bits per heavy atom. The zero-order valence-electron chi connectivity index (χ0n) is 15.9. The molecule has 156 valence electrons. The van der Waals surface area contributed by atoms with Crippen LogP contribution in [0.3, 0.4) is 0 Å². The maximum atomic E-state index is 11.9. The van der Waals surface area contributed by atoms with Crippen molar-refractivity contribution in [2.75, 3.05) is 18.6 Å². The summed E-state index contributed by atoms with van der Waals surface area (Å²) in [5.41, 5.74) is 9.58. The van der Waals surface area contributed by atoms with Crippen molar-refractivity contribution in [2.24, 2.45) is 5.10 Å². The average Bonchev–Trinajstić information content (AvgIpc) is 3.17. The molecule has 11 heteroatoms. The van der Waals surface area contributed by atoms with Crippen LogP contribution in [0.25, 0.3) is 0 Å². The van der Waals surface area contributed by atoms with Gasteiger partial charge in [-0.3, -0.25) is 4.79 Å². The Balaban J connectivity index is 1.53. The van der Waals surface area contributed by atoms with Crippen molar-refractivity contribution in [3.8, 4) is 11.5 Å². The normalized spacial score (nSPS) is 10.9. The average molecular weight is 464 g/mol. The van der Waals surface area contributed by atoms with E-state index in [0.717, 1.165) is 11.1 Å². The first-order chi connectivity index (χ1) is 14.5. The van der Waals surface area contributed by atoms with Crippen molar-refractivity contribution in [3.05, 3.63) is 58.6 Å². The van der Waals surface area contributed by atoms with E-state index in [0.29, 0.717) is 32.6 Å². The minimum Gasteiger partial charge on any atom is -0.493 e. The highest BCUT2D eigenvalue weighted by Crippen LogP contribution is 2.29. The molecule has 8 nitrogen and oxygen atoms in total. The Kier molecular flexibility index (Phi) is 7.89. The third-order valence-corrected chi connectivity index (χ3v) is 5.93. The van der Waals surface area contributed by atoms with Crippen LogP contribution in [0, 0.1) is 0 Å². The van der Waals surface area contributed by atoms with Crippen molar-refractivity contribution >= 4 is 52.0 Å². The molecule has 0 saturated carbocycles. The van der Waals surface area contributed by atoms with Crippen LogP contribution < -0.4 is 20.6 Å². The van der Waals surface area contributed by atoms with Gasteiger partial charge in [-0.2, -0.15) is 5.10 Å². The summed E-state index contributed by atoms with van der Waals surface area (Å²) in [7, 11) is 1.55. The number of nitrogens with zero attached hydrogens (tertiary/aromatic N) is 3. The molecule has 0 atom stereocenters. The van der Waals surface area contributed by atoms with E-state index in [9.17, 15) is 4.79 Å². The lowest BCUT2D eigenvalue weighted by molar-refractivity contribution is -0.118. The van der Waals surface area contributed by atoms with Crippen LogP contribution in [0.1, 0.15) is 11.1 Å². The van der Waals surface area contributed by atoms with E-state index in [4.69, 9.17) is 26.8 Å². The van der Waals surface area contributed by atoms with E-state index in [1.165, 1.54) is 29.3 Å². The molecule has 0 spiro atoms. The third kappa shape index (κ3) is 6.34. The first-order valence-electron chi connectivity index (χ1n) is 8.63. The third-order valence-electron chi connectivity index (χ3n) is 3.68. The van der Waals surface area contributed by atoms with E-state index < -0.39 is 0 Å². The van der Waals surface area contributed by atoms with Gasteiger partial charge in [-0.05, 0) is 29.8 Å². The molecular weight excluding hydrogens is 446 g/mol. The second-order valence-electron chi connectivity index (χ2n) is 5.78. The standard InChI is InChI=1S/C19H18ClN5O3S2/c1-27-16-8-12(6-7-15(16)28-10-13-4-2-3-5-14(13)20)9-22-23-17(26)11-29-19-25-24-18(21)30-19/h2-9H,10-11H2,1H3,(H2,21,24)(H,23,26). The Hall–Kier alpha value is -2.82. The van der Waals surface area contributed by atoms with E-state index in [2.05, 4.69) is 20.7 Å². The molecule has 3 N–H and O–H groups in total. The second-order valence-corrected chi connectivity index (χ2v) is 8.42. The summed E-state index contributed by atoms with van der Waals surface area (Å²) in [6.07, 6.45) is 1.52. The number of carbonyl (C=O) groups is 1. The van der Waals surface area contributed by atoms with Gasteiger partial charge in [-0.15, -0.1) is 10.2 Å².